The number of rotatable bonds is 3. The maximum Gasteiger partial charge on any atom is 0.219 e. The first kappa shape index (κ1) is 21.6. The summed E-state index contributed by atoms with van der Waals surface area (Å²) in [6, 6.07) is 6.16. The van der Waals surface area contributed by atoms with Crippen molar-refractivity contribution in [1.29, 1.82) is 0 Å². The zero-order valence-corrected chi connectivity index (χ0v) is 14.6. The van der Waals surface area contributed by atoms with Crippen molar-refractivity contribution >= 4 is 35.0 Å². The monoisotopic (exact) mass is 375 g/mol. The van der Waals surface area contributed by atoms with Crippen LogP contribution < -0.4 is 15.3 Å². The van der Waals surface area contributed by atoms with E-state index in [4.69, 9.17) is 4.74 Å². The molecule has 0 amide bonds. The second-order valence-corrected chi connectivity index (χ2v) is 4.55. The Kier molecular flexibility index (Phi) is 9.34. The summed E-state index contributed by atoms with van der Waals surface area (Å²) in [4.78, 5) is 14.4. The predicted molar refractivity (Wildman–Crippen MR) is 83.6 cm³/mol. The summed E-state index contributed by atoms with van der Waals surface area (Å²) in [5.41, 5.74) is 0.214. The van der Waals surface area contributed by atoms with Crippen LogP contribution in [0.15, 0.2) is 44.2 Å². The Morgan fingerprint density at radius 3 is 1.79 bits per heavy atom. The van der Waals surface area contributed by atoms with Gasteiger partial charge in [0.2, 0.25) is 5.90 Å². The summed E-state index contributed by atoms with van der Waals surface area (Å²) < 4.78 is 5.25. The van der Waals surface area contributed by atoms with Crippen molar-refractivity contribution in [2.24, 2.45) is 20.0 Å². The van der Waals surface area contributed by atoms with Gasteiger partial charge in [0, 0.05) is 30.6 Å². The molecule has 0 unspecified atom stereocenters. The first-order valence-electron chi connectivity index (χ1n) is 6.77. The van der Waals surface area contributed by atoms with E-state index in [0.717, 1.165) is 0 Å². The fourth-order valence-corrected chi connectivity index (χ4v) is 1.49. The summed E-state index contributed by atoms with van der Waals surface area (Å²) >= 11 is 0. The standard InChI is InChI=1S/C15H20N4O4.Ni/c1-9(2)23-15(17-4)14(22)19-11-8-6-5-7-10(11)18-13(21)12(20)16-3;/h5-9H,1-4H3,(H,16,20)(H,18,21)(H,19,22);/p-3. The average Bonchev–Trinajstić information content (AvgIpc) is 2.53. The third-order valence-corrected chi connectivity index (χ3v) is 2.45. The molecule has 1 rings (SSSR count). The van der Waals surface area contributed by atoms with E-state index in [-0.39, 0.29) is 39.9 Å². The molecule has 0 fully saturated rings. The summed E-state index contributed by atoms with van der Waals surface area (Å²) in [6.07, 6.45) is -0.238. The van der Waals surface area contributed by atoms with Crippen molar-refractivity contribution in [3.63, 3.8) is 0 Å². The van der Waals surface area contributed by atoms with E-state index in [0.29, 0.717) is 0 Å². The van der Waals surface area contributed by atoms with Crippen LogP contribution in [0.5, 0.6) is 0 Å². The van der Waals surface area contributed by atoms with Crippen molar-refractivity contribution in [3.05, 3.63) is 24.3 Å². The van der Waals surface area contributed by atoms with E-state index in [1.54, 1.807) is 26.0 Å². The van der Waals surface area contributed by atoms with Crippen LogP contribution >= 0.6 is 0 Å². The van der Waals surface area contributed by atoms with E-state index in [9.17, 15) is 15.3 Å². The van der Waals surface area contributed by atoms with Crippen molar-refractivity contribution in [2.45, 2.75) is 20.0 Å². The zero-order valence-electron chi connectivity index (χ0n) is 13.6. The minimum Gasteiger partial charge on any atom is -0.858 e. The Balaban J connectivity index is 0.00000529. The minimum atomic E-state index is -1.04. The van der Waals surface area contributed by atoms with Crippen LogP contribution in [0.1, 0.15) is 13.8 Å². The molecule has 0 spiro atoms. The molecule has 134 valence electrons. The molecule has 0 saturated carbocycles. The van der Waals surface area contributed by atoms with Gasteiger partial charge in [0.05, 0.1) is 23.4 Å². The summed E-state index contributed by atoms with van der Waals surface area (Å²) in [7, 11) is 2.61. The Labute approximate surface area is 150 Å². The fourth-order valence-electron chi connectivity index (χ4n) is 1.49. The van der Waals surface area contributed by atoms with Gasteiger partial charge in [0.15, 0.2) is 0 Å². The molecule has 0 atom stereocenters. The van der Waals surface area contributed by atoms with E-state index in [2.05, 4.69) is 20.0 Å². The minimum absolute atomic E-state index is 0. The van der Waals surface area contributed by atoms with Gasteiger partial charge in [-0.3, -0.25) is 15.0 Å². The maximum absolute atomic E-state index is 12.1. The molecule has 24 heavy (non-hydrogen) atoms. The molecule has 1 aromatic rings. The second-order valence-electron chi connectivity index (χ2n) is 4.55. The Morgan fingerprint density at radius 1 is 0.875 bits per heavy atom. The van der Waals surface area contributed by atoms with Gasteiger partial charge in [-0.1, -0.05) is 12.1 Å². The molecule has 0 saturated heterocycles. The molecule has 0 N–H and O–H groups in total. The van der Waals surface area contributed by atoms with Gasteiger partial charge in [0.1, 0.15) is 0 Å². The molecule has 0 aliphatic rings. The Morgan fingerprint density at radius 2 is 1.38 bits per heavy atom. The summed E-state index contributed by atoms with van der Waals surface area (Å²) in [6.45, 7) is 3.50. The fraction of sp³-hybridized carbons (Fsp3) is 0.333. The molecule has 0 aromatic heterocycles. The number of nitrogens with zero attached hydrogens (tertiary/aromatic N) is 4. The first-order chi connectivity index (χ1) is 10.9. The van der Waals surface area contributed by atoms with Gasteiger partial charge in [-0.25, -0.2) is 0 Å². The van der Waals surface area contributed by atoms with Crippen molar-refractivity contribution < 1.29 is 36.5 Å². The molecule has 0 radical (unpaired) electrons. The largest absolute Gasteiger partial charge is 0.858 e. The van der Waals surface area contributed by atoms with Crippen LogP contribution in [0.25, 0.3) is 0 Å². The van der Waals surface area contributed by atoms with Crippen LogP contribution in [0.2, 0.25) is 0 Å². The SMILES string of the molecule is CN=C([O-])C([O-])=Nc1ccccc1N=C([O-])C(=NC)OC(C)C.[Ni]. The van der Waals surface area contributed by atoms with Crippen molar-refractivity contribution in [1.82, 2.24) is 0 Å². The molecule has 0 aliphatic heterocycles. The molecule has 1 aromatic carbocycles. The predicted octanol–water partition coefficient (Wildman–Crippen LogP) is -0.693. The van der Waals surface area contributed by atoms with Crippen molar-refractivity contribution in [2.75, 3.05) is 14.1 Å². The number of benzene rings is 1. The number of para-hydroxylation sites is 2. The second kappa shape index (κ2) is 10.4. The third-order valence-electron chi connectivity index (χ3n) is 2.45. The van der Waals surface area contributed by atoms with E-state index in [1.165, 1.54) is 26.2 Å². The van der Waals surface area contributed by atoms with Gasteiger partial charge in [-0.15, -0.1) is 0 Å². The maximum atomic E-state index is 12.1. The zero-order chi connectivity index (χ0) is 17.4. The molecule has 9 heteroatoms. The smallest absolute Gasteiger partial charge is 0.219 e. The summed E-state index contributed by atoms with van der Waals surface area (Å²) in [5, 5.41) is 34.8. The molecule has 0 aliphatic carbocycles. The Hall–Kier alpha value is -2.41. The molecule has 0 bridgehead atoms. The van der Waals surface area contributed by atoms with Gasteiger partial charge >= 0.3 is 0 Å². The number of aliphatic imine (C=N–C) groups is 4. The van der Waals surface area contributed by atoms with E-state index < -0.39 is 17.7 Å². The molecular formula is C15H17N4NiO4-3. The average molecular weight is 376 g/mol. The van der Waals surface area contributed by atoms with Gasteiger partial charge in [-0.05, 0) is 37.8 Å². The van der Waals surface area contributed by atoms with Gasteiger partial charge in [-0.2, -0.15) is 0 Å². The summed E-state index contributed by atoms with van der Waals surface area (Å²) in [5.74, 6) is -2.88. The molecular weight excluding hydrogens is 359 g/mol. The van der Waals surface area contributed by atoms with Crippen molar-refractivity contribution in [3.8, 4) is 0 Å². The quantitative estimate of drug-likeness (QED) is 0.393. The van der Waals surface area contributed by atoms with Gasteiger partial charge in [0.25, 0.3) is 0 Å². The Bertz CT molecular complexity index is 669. The molecule has 0 heterocycles. The van der Waals surface area contributed by atoms with Gasteiger partial charge < -0.3 is 25.0 Å². The van der Waals surface area contributed by atoms with Crippen LogP contribution in [-0.4, -0.2) is 43.8 Å². The van der Waals surface area contributed by atoms with E-state index >= 15 is 0 Å². The third kappa shape index (κ3) is 6.38. The van der Waals surface area contributed by atoms with Crippen LogP contribution in [0.3, 0.4) is 0 Å². The normalized spacial score (nSPS) is 13.7. The van der Waals surface area contributed by atoms with Crippen LogP contribution in [-0.2, 0) is 21.2 Å². The van der Waals surface area contributed by atoms with E-state index in [1.807, 2.05) is 0 Å². The number of ether oxygens (including phenoxy) is 1. The van der Waals surface area contributed by atoms with Crippen LogP contribution in [0.4, 0.5) is 11.4 Å². The first-order valence-corrected chi connectivity index (χ1v) is 6.77. The number of hydrogen-bond donors (Lipinski definition) is 0. The number of hydrogen-bond acceptors (Lipinski definition) is 8. The van der Waals surface area contributed by atoms with Crippen LogP contribution in [0, 0.1) is 0 Å². The molecule has 8 nitrogen and oxygen atoms in total. The topological polar surface area (TPSA) is 128 Å².